The third kappa shape index (κ3) is 4.99. The molecule has 5 nitrogen and oxygen atoms in total. The maximum Gasteiger partial charge on any atom is 0.253 e. The Morgan fingerprint density at radius 2 is 1.65 bits per heavy atom. The molecule has 26 heavy (non-hydrogen) atoms. The molecule has 0 saturated heterocycles. The maximum absolute atomic E-state index is 12.6. The van der Waals surface area contributed by atoms with E-state index >= 15 is 0 Å². The zero-order valence-electron chi connectivity index (χ0n) is 15.5. The number of halogens is 1. The van der Waals surface area contributed by atoms with E-state index in [1.807, 2.05) is 20.8 Å². The van der Waals surface area contributed by atoms with E-state index in [9.17, 15) is 13.2 Å². The second-order valence-corrected chi connectivity index (χ2v) is 8.71. The highest BCUT2D eigenvalue weighted by Crippen LogP contribution is 2.25. The standard InChI is InChI=1S/C19H23ClN2O3S/c1-11-8-13(3)17(9-12(11)2)14(4)21-19(23)16-7-6-15(10-18(16)20)22-26(5,24)25/h6-10,14,22H,1-5H3,(H,21,23)/t14-/m1/s1. The monoisotopic (exact) mass is 394 g/mol. The van der Waals surface area contributed by atoms with Crippen LogP contribution in [0.2, 0.25) is 5.02 Å². The van der Waals surface area contributed by atoms with E-state index in [-0.39, 0.29) is 17.0 Å². The van der Waals surface area contributed by atoms with E-state index in [0.717, 1.165) is 17.4 Å². The van der Waals surface area contributed by atoms with Crippen LogP contribution < -0.4 is 10.0 Å². The molecule has 2 rings (SSSR count). The van der Waals surface area contributed by atoms with Gasteiger partial charge in [0, 0.05) is 5.69 Å². The molecule has 0 fully saturated rings. The molecule has 2 aromatic rings. The molecule has 0 aliphatic carbocycles. The second kappa shape index (κ2) is 7.68. The highest BCUT2D eigenvalue weighted by Gasteiger charge is 2.17. The van der Waals surface area contributed by atoms with Crippen molar-refractivity contribution in [2.24, 2.45) is 0 Å². The molecule has 0 saturated carbocycles. The molecule has 7 heteroatoms. The fourth-order valence-electron chi connectivity index (χ4n) is 2.78. The van der Waals surface area contributed by atoms with Crippen LogP contribution in [0.4, 0.5) is 5.69 Å². The molecule has 140 valence electrons. The lowest BCUT2D eigenvalue weighted by atomic mass is 9.96. The average molecular weight is 395 g/mol. The number of sulfonamides is 1. The Bertz CT molecular complexity index is 955. The van der Waals surface area contributed by atoms with Crippen LogP contribution in [0.1, 0.15) is 45.6 Å². The summed E-state index contributed by atoms with van der Waals surface area (Å²) in [6.07, 6.45) is 1.05. The fourth-order valence-corrected chi connectivity index (χ4v) is 3.60. The van der Waals surface area contributed by atoms with Crippen LogP contribution in [0.5, 0.6) is 0 Å². The van der Waals surface area contributed by atoms with Gasteiger partial charge in [-0.2, -0.15) is 0 Å². The van der Waals surface area contributed by atoms with E-state index in [1.54, 1.807) is 0 Å². The molecule has 0 aliphatic rings. The number of hydrogen-bond acceptors (Lipinski definition) is 3. The molecule has 1 atom stereocenters. The summed E-state index contributed by atoms with van der Waals surface area (Å²) < 4.78 is 24.9. The summed E-state index contributed by atoms with van der Waals surface area (Å²) in [6, 6.07) is 8.43. The van der Waals surface area contributed by atoms with Gasteiger partial charge >= 0.3 is 0 Å². The topological polar surface area (TPSA) is 75.3 Å². The Balaban J connectivity index is 2.21. The van der Waals surface area contributed by atoms with Crippen LogP contribution in [0, 0.1) is 20.8 Å². The van der Waals surface area contributed by atoms with E-state index in [1.165, 1.54) is 29.3 Å². The summed E-state index contributed by atoms with van der Waals surface area (Å²) in [6.45, 7) is 8.03. The van der Waals surface area contributed by atoms with E-state index in [2.05, 4.69) is 29.1 Å². The van der Waals surface area contributed by atoms with Gasteiger partial charge in [0.25, 0.3) is 5.91 Å². The van der Waals surface area contributed by atoms with Gasteiger partial charge in [0.2, 0.25) is 10.0 Å². The molecule has 1 amide bonds. The van der Waals surface area contributed by atoms with Crippen molar-refractivity contribution in [3.8, 4) is 0 Å². The predicted octanol–water partition coefficient (Wildman–Crippen LogP) is 4.13. The Hall–Kier alpha value is -2.05. The van der Waals surface area contributed by atoms with E-state index < -0.39 is 10.0 Å². The molecule has 0 unspecified atom stereocenters. The van der Waals surface area contributed by atoms with Crippen molar-refractivity contribution in [3.05, 3.63) is 63.2 Å². The van der Waals surface area contributed by atoms with E-state index in [4.69, 9.17) is 11.6 Å². The zero-order chi connectivity index (χ0) is 19.6. The SMILES string of the molecule is Cc1cc(C)c([C@@H](C)NC(=O)c2ccc(NS(C)(=O)=O)cc2Cl)cc1C. The quantitative estimate of drug-likeness (QED) is 0.800. The molecule has 2 N–H and O–H groups in total. The molecule has 0 bridgehead atoms. The van der Waals surface area contributed by atoms with Crippen molar-refractivity contribution in [3.63, 3.8) is 0 Å². The first-order chi connectivity index (χ1) is 12.0. The van der Waals surface area contributed by atoms with Gasteiger partial charge < -0.3 is 5.32 Å². The van der Waals surface area contributed by atoms with Crippen LogP contribution in [-0.4, -0.2) is 20.6 Å². The Kier molecular flexibility index (Phi) is 5.98. The predicted molar refractivity (Wildman–Crippen MR) is 106 cm³/mol. The number of anilines is 1. The minimum absolute atomic E-state index is 0.181. The molecular formula is C19H23ClN2O3S. The van der Waals surface area contributed by atoms with Crippen LogP contribution in [0.15, 0.2) is 30.3 Å². The first-order valence-electron chi connectivity index (χ1n) is 8.14. The van der Waals surface area contributed by atoms with Gasteiger partial charge in [-0.15, -0.1) is 0 Å². The van der Waals surface area contributed by atoms with Gasteiger partial charge in [0.15, 0.2) is 0 Å². The largest absolute Gasteiger partial charge is 0.345 e. The van der Waals surface area contributed by atoms with Gasteiger partial charge in [-0.3, -0.25) is 9.52 Å². The van der Waals surface area contributed by atoms with Crippen molar-refractivity contribution >= 4 is 33.2 Å². The molecule has 0 aliphatic heterocycles. The molecular weight excluding hydrogens is 372 g/mol. The second-order valence-electron chi connectivity index (χ2n) is 6.56. The highest BCUT2D eigenvalue weighted by atomic mass is 35.5. The lowest BCUT2D eigenvalue weighted by Gasteiger charge is -2.19. The van der Waals surface area contributed by atoms with Gasteiger partial charge in [-0.05, 0) is 68.1 Å². The van der Waals surface area contributed by atoms with Gasteiger partial charge in [-0.25, -0.2) is 8.42 Å². The normalized spacial score (nSPS) is 12.5. The zero-order valence-corrected chi connectivity index (χ0v) is 17.0. The van der Waals surface area contributed by atoms with Gasteiger partial charge in [-0.1, -0.05) is 23.7 Å². The van der Waals surface area contributed by atoms with E-state index in [0.29, 0.717) is 11.3 Å². The van der Waals surface area contributed by atoms with Crippen molar-refractivity contribution < 1.29 is 13.2 Å². The van der Waals surface area contributed by atoms with Crippen molar-refractivity contribution in [1.29, 1.82) is 0 Å². The number of nitrogens with one attached hydrogen (secondary N) is 2. The summed E-state index contributed by atoms with van der Waals surface area (Å²) in [5.41, 5.74) is 5.14. The number of rotatable bonds is 5. The Morgan fingerprint density at radius 3 is 2.23 bits per heavy atom. The summed E-state index contributed by atoms with van der Waals surface area (Å²) in [4.78, 5) is 12.6. The Labute approximate surface area is 159 Å². The van der Waals surface area contributed by atoms with Crippen molar-refractivity contribution in [2.45, 2.75) is 33.7 Å². The first-order valence-corrected chi connectivity index (χ1v) is 10.4. The smallest absolute Gasteiger partial charge is 0.253 e. The van der Waals surface area contributed by atoms with Gasteiger partial charge in [0.1, 0.15) is 0 Å². The number of amides is 1. The highest BCUT2D eigenvalue weighted by molar-refractivity contribution is 7.92. The number of carbonyl (C=O) groups is 1. The minimum atomic E-state index is -3.40. The third-order valence-corrected chi connectivity index (χ3v) is 5.13. The molecule has 2 aromatic carbocycles. The maximum atomic E-state index is 12.6. The lowest BCUT2D eigenvalue weighted by molar-refractivity contribution is 0.0940. The number of aryl methyl sites for hydroxylation is 3. The fraction of sp³-hybridized carbons (Fsp3) is 0.316. The van der Waals surface area contributed by atoms with Crippen molar-refractivity contribution in [2.75, 3.05) is 11.0 Å². The summed E-state index contributed by atoms with van der Waals surface area (Å²) >= 11 is 6.16. The lowest BCUT2D eigenvalue weighted by Crippen LogP contribution is -2.27. The van der Waals surface area contributed by atoms with Crippen LogP contribution in [0.25, 0.3) is 0 Å². The summed E-state index contributed by atoms with van der Waals surface area (Å²) in [5, 5.41) is 3.13. The van der Waals surface area contributed by atoms with Crippen molar-refractivity contribution in [1.82, 2.24) is 5.32 Å². The van der Waals surface area contributed by atoms with Crippen LogP contribution in [-0.2, 0) is 10.0 Å². The molecule has 0 spiro atoms. The Morgan fingerprint density at radius 1 is 1.04 bits per heavy atom. The minimum Gasteiger partial charge on any atom is -0.345 e. The summed E-state index contributed by atoms with van der Waals surface area (Å²) in [5.74, 6) is -0.314. The van der Waals surface area contributed by atoms with Gasteiger partial charge in [0.05, 0.1) is 22.9 Å². The third-order valence-electron chi connectivity index (χ3n) is 4.21. The molecule has 0 radical (unpaired) electrons. The van der Waals surface area contributed by atoms with Crippen LogP contribution >= 0.6 is 11.6 Å². The number of carbonyl (C=O) groups excluding carboxylic acids is 1. The van der Waals surface area contributed by atoms with Crippen LogP contribution in [0.3, 0.4) is 0 Å². The molecule has 0 heterocycles. The number of hydrogen-bond donors (Lipinski definition) is 2. The first kappa shape index (κ1) is 20.3. The number of benzene rings is 2. The molecule has 0 aromatic heterocycles. The average Bonchev–Trinajstić information content (AvgIpc) is 2.49. The summed E-state index contributed by atoms with van der Waals surface area (Å²) in [7, 11) is -3.40.